The Balaban J connectivity index is 2.93. The first-order chi connectivity index (χ1) is 8.24. The van der Waals surface area contributed by atoms with E-state index in [0.717, 1.165) is 0 Å². The molecule has 0 saturated carbocycles. The van der Waals surface area contributed by atoms with Gasteiger partial charge in [0.05, 0.1) is 11.8 Å². The molecular formula is C13H16FNO3. The quantitative estimate of drug-likeness (QED) is 0.895. The summed E-state index contributed by atoms with van der Waals surface area (Å²) in [5, 5.41) is 8.76. The minimum absolute atomic E-state index is 0.272. The van der Waals surface area contributed by atoms with Crippen LogP contribution in [0.25, 0.3) is 0 Å². The fourth-order valence-corrected chi connectivity index (χ4v) is 1.71. The molecule has 0 fully saturated rings. The summed E-state index contributed by atoms with van der Waals surface area (Å²) >= 11 is 0. The average molecular weight is 253 g/mol. The first kappa shape index (κ1) is 14.2. The third-order valence-corrected chi connectivity index (χ3v) is 2.67. The van der Waals surface area contributed by atoms with Crippen molar-refractivity contribution in [2.45, 2.75) is 20.3 Å². The minimum Gasteiger partial charge on any atom is -0.481 e. The Kier molecular flexibility index (Phi) is 4.06. The highest BCUT2D eigenvalue weighted by molar-refractivity contribution is 5.98. The predicted octanol–water partition coefficient (Wildman–Crippen LogP) is 2.29. The van der Waals surface area contributed by atoms with Crippen molar-refractivity contribution in [2.24, 2.45) is 5.41 Å². The van der Waals surface area contributed by atoms with E-state index in [9.17, 15) is 14.0 Å². The molecule has 0 aliphatic rings. The fourth-order valence-electron chi connectivity index (χ4n) is 1.71. The van der Waals surface area contributed by atoms with Crippen LogP contribution in [0, 0.1) is 11.2 Å². The number of carboxylic acid groups (broad SMARTS) is 1. The molecule has 0 atom stereocenters. The van der Waals surface area contributed by atoms with Gasteiger partial charge in [-0.1, -0.05) is 19.9 Å². The van der Waals surface area contributed by atoms with Crippen molar-refractivity contribution in [1.82, 2.24) is 0 Å². The molecule has 0 aliphatic carbocycles. The van der Waals surface area contributed by atoms with Crippen LogP contribution in [-0.4, -0.2) is 24.0 Å². The van der Waals surface area contributed by atoms with Gasteiger partial charge in [0.1, 0.15) is 5.82 Å². The van der Waals surface area contributed by atoms with Crippen molar-refractivity contribution in [1.29, 1.82) is 0 Å². The molecule has 98 valence electrons. The molecule has 1 rings (SSSR count). The van der Waals surface area contributed by atoms with Crippen LogP contribution in [0.3, 0.4) is 0 Å². The van der Waals surface area contributed by atoms with Gasteiger partial charge >= 0.3 is 5.97 Å². The molecule has 0 unspecified atom stereocenters. The Morgan fingerprint density at radius 3 is 2.50 bits per heavy atom. The van der Waals surface area contributed by atoms with Crippen LogP contribution in [0.15, 0.2) is 24.3 Å². The summed E-state index contributed by atoms with van der Waals surface area (Å²) in [5.41, 5.74) is -0.633. The number of amides is 1. The van der Waals surface area contributed by atoms with E-state index in [0.29, 0.717) is 5.69 Å². The van der Waals surface area contributed by atoms with Gasteiger partial charge in [0, 0.05) is 12.7 Å². The van der Waals surface area contributed by atoms with E-state index in [2.05, 4.69) is 0 Å². The Bertz CT molecular complexity index is 471. The third-order valence-electron chi connectivity index (χ3n) is 2.67. The number of rotatable bonds is 4. The summed E-state index contributed by atoms with van der Waals surface area (Å²) in [6.45, 7) is 3.11. The van der Waals surface area contributed by atoms with Gasteiger partial charge in [-0.3, -0.25) is 9.59 Å². The van der Waals surface area contributed by atoms with E-state index < -0.39 is 17.2 Å². The van der Waals surface area contributed by atoms with Gasteiger partial charge in [-0.2, -0.15) is 0 Å². The van der Waals surface area contributed by atoms with E-state index in [1.807, 2.05) is 0 Å². The van der Waals surface area contributed by atoms with Crippen LogP contribution >= 0.6 is 0 Å². The van der Waals surface area contributed by atoms with Crippen molar-refractivity contribution in [3.63, 3.8) is 0 Å². The van der Waals surface area contributed by atoms with E-state index >= 15 is 0 Å². The maximum atomic E-state index is 13.1. The molecule has 0 spiro atoms. The number of anilines is 1. The highest BCUT2D eigenvalue weighted by Crippen LogP contribution is 2.26. The largest absolute Gasteiger partial charge is 0.481 e. The number of carbonyl (C=O) groups excluding carboxylic acids is 1. The average Bonchev–Trinajstić information content (AvgIpc) is 2.25. The Labute approximate surface area is 105 Å². The molecule has 5 heteroatoms. The smallest absolute Gasteiger partial charge is 0.304 e. The Morgan fingerprint density at radius 2 is 2.00 bits per heavy atom. The molecule has 0 heterocycles. The normalized spacial score (nSPS) is 11.1. The van der Waals surface area contributed by atoms with Crippen LogP contribution in [0.2, 0.25) is 0 Å². The molecule has 1 amide bonds. The number of carboxylic acids is 1. The van der Waals surface area contributed by atoms with Gasteiger partial charge in [-0.05, 0) is 18.2 Å². The highest BCUT2D eigenvalue weighted by atomic mass is 19.1. The second-order valence-corrected chi connectivity index (χ2v) is 4.80. The molecular weight excluding hydrogens is 237 g/mol. The summed E-state index contributed by atoms with van der Waals surface area (Å²) in [7, 11) is 1.50. The van der Waals surface area contributed by atoms with E-state index in [1.54, 1.807) is 19.9 Å². The van der Waals surface area contributed by atoms with E-state index in [4.69, 9.17) is 5.11 Å². The van der Waals surface area contributed by atoms with Crippen molar-refractivity contribution in [3.05, 3.63) is 30.1 Å². The lowest BCUT2D eigenvalue weighted by Crippen LogP contribution is -2.39. The molecule has 0 aliphatic heterocycles. The molecule has 1 aromatic rings. The zero-order chi connectivity index (χ0) is 13.9. The molecule has 1 N–H and O–H groups in total. The lowest BCUT2D eigenvalue weighted by atomic mass is 9.87. The first-order valence-corrected chi connectivity index (χ1v) is 5.49. The Morgan fingerprint density at radius 1 is 1.39 bits per heavy atom. The number of carbonyl (C=O) groups is 2. The van der Waals surface area contributed by atoms with Gasteiger partial charge in [-0.25, -0.2) is 4.39 Å². The van der Waals surface area contributed by atoms with Crippen molar-refractivity contribution < 1.29 is 19.1 Å². The lowest BCUT2D eigenvalue weighted by Gasteiger charge is -2.28. The van der Waals surface area contributed by atoms with Gasteiger partial charge in [0.15, 0.2) is 0 Å². The monoisotopic (exact) mass is 253 g/mol. The van der Waals surface area contributed by atoms with Gasteiger partial charge in [-0.15, -0.1) is 0 Å². The SMILES string of the molecule is CN(C(=O)C(C)(C)CC(=O)O)c1cccc(F)c1. The summed E-state index contributed by atoms with van der Waals surface area (Å²) in [6, 6.07) is 5.61. The van der Waals surface area contributed by atoms with Crippen molar-refractivity contribution in [2.75, 3.05) is 11.9 Å². The van der Waals surface area contributed by atoms with E-state index in [1.165, 1.54) is 30.1 Å². The molecule has 0 aromatic heterocycles. The number of hydrogen-bond donors (Lipinski definition) is 1. The molecule has 4 nitrogen and oxygen atoms in total. The van der Waals surface area contributed by atoms with Gasteiger partial charge < -0.3 is 10.0 Å². The first-order valence-electron chi connectivity index (χ1n) is 5.49. The highest BCUT2D eigenvalue weighted by Gasteiger charge is 2.33. The molecule has 0 saturated heterocycles. The summed E-state index contributed by atoms with van der Waals surface area (Å²) in [4.78, 5) is 24.1. The van der Waals surface area contributed by atoms with Crippen LogP contribution in [0.5, 0.6) is 0 Å². The number of hydrogen-bond acceptors (Lipinski definition) is 2. The van der Waals surface area contributed by atoms with Gasteiger partial charge in [0.25, 0.3) is 0 Å². The standard InChI is InChI=1S/C13H16FNO3/c1-13(2,8-11(16)17)12(18)15(3)10-6-4-5-9(14)7-10/h4-7H,8H2,1-3H3,(H,16,17). The number of nitrogens with zero attached hydrogens (tertiary/aromatic N) is 1. The predicted molar refractivity (Wildman–Crippen MR) is 65.8 cm³/mol. The molecule has 0 radical (unpaired) electrons. The zero-order valence-electron chi connectivity index (χ0n) is 10.6. The zero-order valence-corrected chi connectivity index (χ0v) is 10.6. The third kappa shape index (κ3) is 3.29. The minimum atomic E-state index is -1.04. The molecule has 18 heavy (non-hydrogen) atoms. The van der Waals surface area contributed by atoms with Crippen LogP contribution in [0.1, 0.15) is 20.3 Å². The second kappa shape index (κ2) is 5.16. The summed E-state index contributed by atoms with van der Waals surface area (Å²) < 4.78 is 13.1. The van der Waals surface area contributed by atoms with Crippen LogP contribution < -0.4 is 4.90 Å². The van der Waals surface area contributed by atoms with Crippen LogP contribution in [0.4, 0.5) is 10.1 Å². The maximum Gasteiger partial charge on any atom is 0.304 e. The fraction of sp³-hybridized carbons (Fsp3) is 0.385. The number of benzene rings is 1. The Hall–Kier alpha value is -1.91. The summed E-state index contributed by atoms with van der Waals surface area (Å²) in [5.74, 6) is -1.85. The molecule has 1 aromatic carbocycles. The second-order valence-electron chi connectivity index (χ2n) is 4.80. The topological polar surface area (TPSA) is 57.6 Å². The van der Waals surface area contributed by atoms with E-state index in [-0.39, 0.29) is 12.3 Å². The van der Waals surface area contributed by atoms with Crippen molar-refractivity contribution >= 4 is 17.6 Å². The van der Waals surface area contributed by atoms with Gasteiger partial charge in [0.2, 0.25) is 5.91 Å². The molecule has 0 bridgehead atoms. The van der Waals surface area contributed by atoms with Crippen molar-refractivity contribution in [3.8, 4) is 0 Å². The van der Waals surface area contributed by atoms with Crippen LogP contribution in [-0.2, 0) is 9.59 Å². The number of aliphatic carboxylic acids is 1. The number of halogens is 1. The maximum absolute atomic E-state index is 13.1. The summed E-state index contributed by atoms with van der Waals surface area (Å²) in [6.07, 6.45) is -0.272. The lowest BCUT2D eigenvalue weighted by molar-refractivity contribution is -0.143.